The van der Waals surface area contributed by atoms with E-state index < -0.39 is 0 Å². The summed E-state index contributed by atoms with van der Waals surface area (Å²) < 4.78 is 0. The Kier molecular flexibility index (Phi) is 19.3. The van der Waals surface area contributed by atoms with E-state index >= 15 is 0 Å². The van der Waals surface area contributed by atoms with Gasteiger partial charge in [-0.2, -0.15) is 0 Å². The van der Waals surface area contributed by atoms with E-state index in [2.05, 4.69) is 9.80 Å². The van der Waals surface area contributed by atoms with Crippen LogP contribution in [0.4, 0.5) is 0 Å². The molecular weight excluding hydrogens is 460 g/mol. The number of hydrogen-bond donors (Lipinski definition) is 0. The van der Waals surface area contributed by atoms with E-state index in [-0.39, 0.29) is 0 Å². The van der Waals surface area contributed by atoms with Gasteiger partial charge in [-0.1, -0.05) is 128 Å². The minimum Gasteiger partial charge on any atom is -0.303 e. The smallest absolute Gasteiger partial charge is 0.000966 e. The second-order valence-corrected chi connectivity index (χ2v) is 14.0. The highest BCUT2D eigenvalue weighted by molar-refractivity contribution is 4.74. The van der Waals surface area contributed by atoms with Gasteiger partial charge in [-0.25, -0.2) is 0 Å². The van der Waals surface area contributed by atoms with Crippen LogP contribution in [0.25, 0.3) is 0 Å². The fourth-order valence-electron chi connectivity index (χ4n) is 7.90. The molecule has 4 atom stereocenters. The van der Waals surface area contributed by atoms with Gasteiger partial charge in [0.1, 0.15) is 0 Å². The van der Waals surface area contributed by atoms with Crippen LogP contribution in [0.5, 0.6) is 0 Å². The molecule has 3 fully saturated rings. The van der Waals surface area contributed by atoms with Gasteiger partial charge in [0.05, 0.1) is 0 Å². The van der Waals surface area contributed by atoms with Gasteiger partial charge >= 0.3 is 0 Å². The van der Waals surface area contributed by atoms with Gasteiger partial charge in [0, 0.05) is 13.1 Å². The van der Waals surface area contributed by atoms with Crippen molar-refractivity contribution in [3.05, 3.63) is 0 Å². The van der Waals surface area contributed by atoms with Crippen LogP contribution in [-0.4, -0.2) is 49.1 Å². The molecule has 0 radical (unpaired) electrons. The zero-order valence-electron chi connectivity index (χ0n) is 26.1. The molecule has 0 aliphatic carbocycles. The first-order chi connectivity index (χ1) is 18.9. The largest absolute Gasteiger partial charge is 0.303 e. The summed E-state index contributed by atoms with van der Waals surface area (Å²) in [5, 5.41) is 0. The van der Waals surface area contributed by atoms with E-state index in [0.717, 1.165) is 11.8 Å². The first-order valence-corrected chi connectivity index (χ1v) is 18.3. The Morgan fingerprint density at radius 3 is 0.816 bits per heavy atom. The molecule has 3 rings (SSSR count). The first kappa shape index (κ1) is 32.4. The van der Waals surface area contributed by atoms with E-state index in [1.54, 1.807) is 0 Å². The van der Waals surface area contributed by atoms with E-state index in [1.807, 2.05) is 0 Å². The Balaban J connectivity index is 1.27. The molecule has 3 aliphatic rings. The molecule has 0 aromatic heterocycles. The zero-order valence-corrected chi connectivity index (χ0v) is 26.1. The second-order valence-electron chi connectivity index (χ2n) is 14.0. The molecule has 2 nitrogen and oxygen atoms in total. The molecule has 3 aliphatic heterocycles. The molecule has 3 saturated heterocycles. The van der Waals surface area contributed by atoms with Crippen molar-refractivity contribution in [3.8, 4) is 0 Å². The van der Waals surface area contributed by atoms with Crippen molar-refractivity contribution in [2.75, 3.05) is 39.3 Å². The van der Waals surface area contributed by atoms with E-state index in [9.17, 15) is 0 Å². The van der Waals surface area contributed by atoms with Crippen molar-refractivity contribution in [1.82, 2.24) is 9.80 Å². The van der Waals surface area contributed by atoms with Crippen LogP contribution in [-0.2, 0) is 0 Å². The zero-order chi connectivity index (χ0) is 26.4. The van der Waals surface area contributed by atoms with Gasteiger partial charge in [0.25, 0.3) is 0 Å². The highest BCUT2D eigenvalue weighted by Crippen LogP contribution is 2.25. The SMILES string of the molecule is C1CCCCCCC2CCCN(CCCCCCCCCCCCCC3CCCN(CCCCCC1)C3)C2. The number of rotatable bonds is 0. The van der Waals surface area contributed by atoms with Crippen molar-refractivity contribution in [1.29, 1.82) is 0 Å². The van der Waals surface area contributed by atoms with Crippen LogP contribution in [0.15, 0.2) is 0 Å². The van der Waals surface area contributed by atoms with Crippen molar-refractivity contribution in [2.24, 2.45) is 11.8 Å². The third-order valence-corrected chi connectivity index (χ3v) is 10.4. The lowest BCUT2D eigenvalue weighted by atomic mass is 9.92. The molecule has 0 spiro atoms. The molecule has 4 unspecified atom stereocenters. The lowest BCUT2D eigenvalue weighted by Crippen LogP contribution is -2.36. The summed E-state index contributed by atoms with van der Waals surface area (Å²) in [6, 6.07) is 0. The summed E-state index contributed by atoms with van der Waals surface area (Å²) in [5.41, 5.74) is 0. The van der Waals surface area contributed by atoms with Crippen LogP contribution >= 0.6 is 0 Å². The molecule has 38 heavy (non-hydrogen) atoms. The van der Waals surface area contributed by atoms with Crippen molar-refractivity contribution in [3.63, 3.8) is 0 Å². The molecule has 0 amide bonds. The average molecular weight is 531 g/mol. The van der Waals surface area contributed by atoms with Crippen LogP contribution < -0.4 is 0 Å². The maximum absolute atomic E-state index is 2.82. The molecule has 3 heterocycles. The topological polar surface area (TPSA) is 6.48 Å². The van der Waals surface area contributed by atoms with Gasteiger partial charge in [-0.3, -0.25) is 0 Å². The Labute approximate surface area is 240 Å². The van der Waals surface area contributed by atoms with Crippen LogP contribution in [0.1, 0.15) is 180 Å². The summed E-state index contributed by atoms with van der Waals surface area (Å²) in [6.07, 6.45) is 41.6. The van der Waals surface area contributed by atoms with Crippen LogP contribution in [0.2, 0.25) is 0 Å². The maximum Gasteiger partial charge on any atom is 0.000966 e. The lowest BCUT2D eigenvalue weighted by Gasteiger charge is -2.32. The lowest BCUT2D eigenvalue weighted by molar-refractivity contribution is 0.163. The Morgan fingerprint density at radius 1 is 0.237 bits per heavy atom. The van der Waals surface area contributed by atoms with Gasteiger partial charge in [0.15, 0.2) is 0 Å². The van der Waals surface area contributed by atoms with E-state index in [4.69, 9.17) is 0 Å². The van der Waals surface area contributed by atoms with Gasteiger partial charge in [0.2, 0.25) is 0 Å². The van der Waals surface area contributed by atoms with Gasteiger partial charge in [-0.05, 0) is 89.4 Å². The quantitative estimate of drug-likeness (QED) is 0.307. The maximum atomic E-state index is 2.82. The van der Waals surface area contributed by atoms with Crippen molar-refractivity contribution < 1.29 is 0 Å². The third-order valence-electron chi connectivity index (χ3n) is 10.4. The predicted octanol–water partition coefficient (Wildman–Crippen LogP) is 10.8. The molecule has 4 bridgehead atoms. The summed E-state index contributed by atoms with van der Waals surface area (Å²) in [7, 11) is 0. The minimum atomic E-state index is 1.01. The van der Waals surface area contributed by atoms with Gasteiger partial charge < -0.3 is 9.80 Å². The molecule has 2 heteroatoms. The molecule has 224 valence electrons. The minimum absolute atomic E-state index is 1.01. The first-order valence-electron chi connectivity index (χ1n) is 18.3. The number of piperidine rings is 2. The average Bonchev–Trinajstić information content (AvgIpc) is 2.94. The molecule has 0 saturated carbocycles. The van der Waals surface area contributed by atoms with Crippen molar-refractivity contribution in [2.45, 2.75) is 180 Å². The highest BCUT2D eigenvalue weighted by atomic mass is 15.1. The Hall–Kier alpha value is -0.0800. The summed E-state index contributed by atoms with van der Waals surface area (Å²) >= 11 is 0. The molecule has 0 aromatic rings. The monoisotopic (exact) mass is 531 g/mol. The van der Waals surface area contributed by atoms with E-state index in [0.29, 0.717) is 0 Å². The standard InChI is InChI=1S/C36H70N2/c1-3-7-11-15-19-25-35-27-23-32-38(33-35)30-22-18-14-10-6-2-4-8-12-16-20-26-36-28-24-31-37(34-36)29-21-17-13-9-5-1/h35-36H,1-34H2. The summed E-state index contributed by atoms with van der Waals surface area (Å²) in [5.74, 6) is 2.02. The summed E-state index contributed by atoms with van der Waals surface area (Å²) in [4.78, 5) is 5.64. The number of nitrogens with zero attached hydrogens (tertiary/aromatic N) is 2. The summed E-state index contributed by atoms with van der Waals surface area (Å²) in [6.45, 7) is 8.37. The second kappa shape index (κ2) is 22.6. The van der Waals surface area contributed by atoms with Crippen molar-refractivity contribution >= 4 is 0 Å². The number of fused-ring (bicyclic) bond motifs is 4. The van der Waals surface area contributed by atoms with Crippen LogP contribution in [0.3, 0.4) is 0 Å². The Morgan fingerprint density at radius 2 is 0.474 bits per heavy atom. The fraction of sp³-hybridized carbons (Fsp3) is 1.00. The van der Waals surface area contributed by atoms with Gasteiger partial charge in [-0.15, -0.1) is 0 Å². The molecule has 0 aromatic carbocycles. The normalized spacial score (nSPS) is 32.8. The molecular formula is C36H70N2. The molecule has 0 N–H and O–H groups in total. The fourth-order valence-corrected chi connectivity index (χ4v) is 7.90. The van der Waals surface area contributed by atoms with Crippen LogP contribution in [0, 0.1) is 11.8 Å². The number of hydrogen-bond acceptors (Lipinski definition) is 2. The predicted molar refractivity (Wildman–Crippen MR) is 169 cm³/mol. The van der Waals surface area contributed by atoms with E-state index in [1.165, 1.54) is 219 Å². The third kappa shape index (κ3) is 16.2. The highest BCUT2D eigenvalue weighted by Gasteiger charge is 2.20. The Bertz CT molecular complexity index is 433.